The Morgan fingerprint density at radius 3 is 2.45 bits per heavy atom. The molecular weight excluding hydrogens is 464 g/mol. The minimum Gasteiger partial charge on any atom is -0.493 e. The van der Waals surface area contributed by atoms with Gasteiger partial charge in [-0.05, 0) is 64.0 Å². The largest absolute Gasteiger partial charge is 0.493 e. The van der Waals surface area contributed by atoms with Crippen molar-refractivity contribution >= 4 is 39.2 Å². The third kappa shape index (κ3) is 6.23. The first-order chi connectivity index (χ1) is 15.0. The number of hydrogen-bond donors (Lipinski definition) is 3. The lowest BCUT2D eigenvalue weighted by molar-refractivity contribution is -0.118. The van der Waals surface area contributed by atoms with Gasteiger partial charge in [-0.3, -0.25) is 4.79 Å². The number of methoxy groups -OCH3 is 1. The number of rotatable bonds is 9. The third-order valence-electron chi connectivity index (χ3n) is 4.30. The monoisotopic (exact) mass is 484 g/mol. The molecule has 3 rings (SSSR count). The summed E-state index contributed by atoms with van der Waals surface area (Å²) in [6, 6.07) is 19.3. The van der Waals surface area contributed by atoms with E-state index in [1.165, 1.54) is 13.2 Å². The molecule has 3 aromatic rings. The number of carboxylic acids is 1. The molecule has 0 saturated carbocycles. The molecule has 3 aromatic carbocycles. The maximum Gasteiger partial charge on any atom is 0.335 e. The zero-order valence-corrected chi connectivity index (χ0v) is 18.3. The van der Waals surface area contributed by atoms with Gasteiger partial charge in [0, 0.05) is 17.9 Å². The van der Waals surface area contributed by atoms with Gasteiger partial charge in [0.25, 0.3) is 5.91 Å². The molecule has 0 aromatic heterocycles. The van der Waals surface area contributed by atoms with Crippen LogP contribution in [0.5, 0.6) is 11.5 Å². The predicted octanol–water partition coefficient (Wildman–Crippen LogP) is 4.79. The fraction of sp³-hybridized carbons (Fsp3) is 0.130. The summed E-state index contributed by atoms with van der Waals surface area (Å²) in [6.07, 6.45) is 0. The van der Waals surface area contributed by atoms with Gasteiger partial charge in [0.2, 0.25) is 0 Å². The molecule has 0 heterocycles. The summed E-state index contributed by atoms with van der Waals surface area (Å²) in [6.45, 7) is 0.260. The summed E-state index contributed by atoms with van der Waals surface area (Å²) >= 11 is 3.47. The zero-order chi connectivity index (χ0) is 22.2. The summed E-state index contributed by atoms with van der Waals surface area (Å²) in [5.74, 6) is -0.379. The lowest BCUT2D eigenvalue weighted by atomic mass is 10.1. The fourth-order valence-electron chi connectivity index (χ4n) is 2.84. The highest BCUT2D eigenvalue weighted by atomic mass is 79.9. The number of para-hydroxylation sites is 1. The molecule has 0 saturated heterocycles. The molecule has 0 aliphatic heterocycles. The molecule has 0 spiro atoms. The molecule has 31 heavy (non-hydrogen) atoms. The van der Waals surface area contributed by atoms with Crippen molar-refractivity contribution in [2.45, 2.75) is 6.54 Å². The molecule has 7 nitrogen and oxygen atoms in total. The molecule has 160 valence electrons. The number of amides is 1. The second-order valence-corrected chi connectivity index (χ2v) is 7.41. The van der Waals surface area contributed by atoms with Gasteiger partial charge in [0.1, 0.15) is 0 Å². The van der Waals surface area contributed by atoms with Crippen LogP contribution >= 0.6 is 15.9 Å². The third-order valence-corrected chi connectivity index (χ3v) is 4.89. The van der Waals surface area contributed by atoms with E-state index in [4.69, 9.17) is 14.6 Å². The quantitative estimate of drug-likeness (QED) is 0.404. The molecule has 0 radical (unpaired) electrons. The van der Waals surface area contributed by atoms with Crippen LogP contribution in [-0.4, -0.2) is 30.7 Å². The van der Waals surface area contributed by atoms with Gasteiger partial charge in [-0.15, -0.1) is 0 Å². The number of nitrogens with one attached hydrogen (secondary N) is 2. The van der Waals surface area contributed by atoms with E-state index in [0.29, 0.717) is 33.9 Å². The summed E-state index contributed by atoms with van der Waals surface area (Å²) < 4.78 is 11.7. The molecule has 0 aliphatic rings. The Hall–Kier alpha value is -3.52. The van der Waals surface area contributed by atoms with Gasteiger partial charge < -0.3 is 25.2 Å². The van der Waals surface area contributed by atoms with Crippen molar-refractivity contribution in [3.63, 3.8) is 0 Å². The molecule has 0 aliphatic carbocycles. The SMILES string of the molecule is COc1cc(CNc2cccc(C(=O)O)c2)cc(Br)c1OCC(=O)Nc1ccccc1. The summed E-state index contributed by atoms with van der Waals surface area (Å²) in [4.78, 5) is 23.3. The summed E-state index contributed by atoms with van der Waals surface area (Å²) in [7, 11) is 1.52. The maximum absolute atomic E-state index is 12.2. The average Bonchev–Trinajstić information content (AvgIpc) is 2.77. The first-order valence-corrected chi connectivity index (χ1v) is 10.2. The molecule has 0 fully saturated rings. The van der Waals surface area contributed by atoms with E-state index in [9.17, 15) is 9.59 Å². The first-order valence-electron chi connectivity index (χ1n) is 9.37. The van der Waals surface area contributed by atoms with Crippen LogP contribution in [0.25, 0.3) is 0 Å². The molecule has 0 atom stereocenters. The number of hydrogen-bond acceptors (Lipinski definition) is 5. The van der Waals surface area contributed by atoms with Crippen LogP contribution in [0.15, 0.2) is 71.2 Å². The number of anilines is 2. The Morgan fingerprint density at radius 2 is 1.74 bits per heavy atom. The number of halogens is 1. The van der Waals surface area contributed by atoms with Gasteiger partial charge in [0.15, 0.2) is 18.1 Å². The van der Waals surface area contributed by atoms with E-state index in [1.807, 2.05) is 24.3 Å². The van der Waals surface area contributed by atoms with E-state index < -0.39 is 5.97 Å². The fourth-order valence-corrected chi connectivity index (χ4v) is 3.44. The zero-order valence-electron chi connectivity index (χ0n) is 16.7. The van der Waals surface area contributed by atoms with Crippen molar-refractivity contribution < 1.29 is 24.2 Å². The number of benzene rings is 3. The summed E-state index contributed by atoms with van der Waals surface area (Å²) in [5.41, 5.74) is 2.47. The Bertz CT molecular complexity index is 1070. The molecule has 8 heteroatoms. The average molecular weight is 485 g/mol. The van der Waals surface area contributed by atoms with Crippen LogP contribution in [0.4, 0.5) is 11.4 Å². The van der Waals surface area contributed by atoms with E-state index in [0.717, 1.165) is 5.56 Å². The van der Waals surface area contributed by atoms with Crippen LogP contribution in [0.1, 0.15) is 15.9 Å². The number of carboxylic acid groups (broad SMARTS) is 1. The lowest BCUT2D eigenvalue weighted by Crippen LogP contribution is -2.20. The van der Waals surface area contributed by atoms with Crippen LogP contribution in [0, 0.1) is 0 Å². The van der Waals surface area contributed by atoms with Gasteiger partial charge in [-0.2, -0.15) is 0 Å². The van der Waals surface area contributed by atoms with Gasteiger partial charge in [0.05, 0.1) is 17.1 Å². The minimum atomic E-state index is -0.981. The van der Waals surface area contributed by atoms with Crippen molar-refractivity contribution in [1.82, 2.24) is 0 Å². The maximum atomic E-state index is 12.2. The van der Waals surface area contributed by atoms with E-state index in [1.54, 1.807) is 36.4 Å². The number of aromatic carboxylic acids is 1. The highest BCUT2D eigenvalue weighted by Crippen LogP contribution is 2.37. The van der Waals surface area contributed by atoms with Crippen molar-refractivity contribution in [2.24, 2.45) is 0 Å². The van der Waals surface area contributed by atoms with Crippen LogP contribution in [-0.2, 0) is 11.3 Å². The molecule has 1 amide bonds. The second kappa shape index (κ2) is 10.5. The van der Waals surface area contributed by atoms with E-state index in [2.05, 4.69) is 26.6 Å². The Kier molecular flexibility index (Phi) is 7.50. The Balaban J connectivity index is 1.65. The second-order valence-electron chi connectivity index (χ2n) is 6.55. The minimum absolute atomic E-state index is 0.177. The van der Waals surface area contributed by atoms with E-state index >= 15 is 0 Å². The van der Waals surface area contributed by atoms with Gasteiger partial charge in [-0.1, -0.05) is 24.3 Å². The summed E-state index contributed by atoms with van der Waals surface area (Å²) in [5, 5.41) is 15.1. The molecular formula is C23H21BrN2O5. The molecule has 0 unspecified atom stereocenters. The predicted molar refractivity (Wildman–Crippen MR) is 122 cm³/mol. The van der Waals surface area contributed by atoms with Crippen molar-refractivity contribution in [3.05, 3.63) is 82.3 Å². The number of carbonyl (C=O) groups excluding carboxylic acids is 1. The normalized spacial score (nSPS) is 10.3. The first kappa shape index (κ1) is 22.2. The van der Waals surface area contributed by atoms with Crippen LogP contribution in [0.2, 0.25) is 0 Å². The van der Waals surface area contributed by atoms with Gasteiger partial charge >= 0.3 is 5.97 Å². The van der Waals surface area contributed by atoms with E-state index in [-0.39, 0.29) is 18.1 Å². The van der Waals surface area contributed by atoms with Crippen molar-refractivity contribution in [1.29, 1.82) is 0 Å². The van der Waals surface area contributed by atoms with Crippen molar-refractivity contribution in [2.75, 3.05) is 24.4 Å². The molecule has 3 N–H and O–H groups in total. The number of ether oxygens (including phenoxy) is 2. The van der Waals surface area contributed by atoms with Crippen LogP contribution < -0.4 is 20.1 Å². The highest BCUT2D eigenvalue weighted by molar-refractivity contribution is 9.10. The topological polar surface area (TPSA) is 96.9 Å². The number of carbonyl (C=O) groups is 2. The smallest absolute Gasteiger partial charge is 0.335 e. The Labute approximate surface area is 188 Å². The van der Waals surface area contributed by atoms with Crippen molar-refractivity contribution in [3.8, 4) is 11.5 Å². The highest BCUT2D eigenvalue weighted by Gasteiger charge is 2.14. The van der Waals surface area contributed by atoms with Gasteiger partial charge in [-0.25, -0.2) is 4.79 Å². The Morgan fingerprint density at radius 1 is 1.00 bits per heavy atom. The standard InChI is InChI=1S/C23H21BrN2O5/c1-30-20-11-15(13-25-18-9-5-6-16(12-18)23(28)29)10-19(24)22(20)31-14-21(27)26-17-7-3-2-4-8-17/h2-12,25H,13-14H2,1H3,(H,26,27)(H,28,29). The molecule has 0 bridgehead atoms. The lowest BCUT2D eigenvalue weighted by Gasteiger charge is -2.15. The van der Waals surface area contributed by atoms with Crippen LogP contribution in [0.3, 0.4) is 0 Å².